The summed E-state index contributed by atoms with van der Waals surface area (Å²) in [7, 11) is 0. The van der Waals surface area contributed by atoms with Crippen molar-refractivity contribution in [2.75, 3.05) is 6.61 Å². The van der Waals surface area contributed by atoms with Gasteiger partial charge in [-0.05, 0) is 19.9 Å². The molecular weight excluding hydrogens is 188 g/mol. The van der Waals surface area contributed by atoms with Gasteiger partial charge in [-0.25, -0.2) is 0 Å². The van der Waals surface area contributed by atoms with Crippen molar-refractivity contribution in [1.82, 2.24) is 0 Å². The van der Waals surface area contributed by atoms with Gasteiger partial charge in [-0.3, -0.25) is 9.98 Å². The Hall–Kier alpha value is -1.64. The molecule has 0 aromatic heterocycles. The van der Waals surface area contributed by atoms with Crippen LogP contribution in [0.15, 0.2) is 34.3 Å². The van der Waals surface area contributed by atoms with E-state index in [1.54, 1.807) is 12.4 Å². The summed E-state index contributed by atoms with van der Waals surface area (Å²) in [4.78, 5) is 8.71. The van der Waals surface area contributed by atoms with E-state index in [2.05, 4.69) is 9.98 Å². The Morgan fingerprint density at radius 3 is 2.53 bits per heavy atom. The third-order valence-electron chi connectivity index (χ3n) is 2.42. The molecule has 3 heteroatoms. The summed E-state index contributed by atoms with van der Waals surface area (Å²) in [5, 5.41) is 0. The molecule has 1 aliphatic heterocycles. The summed E-state index contributed by atoms with van der Waals surface area (Å²) < 4.78 is 5.57. The molecule has 0 saturated carbocycles. The van der Waals surface area contributed by atoms with Crippen LogP contribution in [0.3, 0.4) is 0 Å². The Balaban J connectivity index is 2.43. The highest BCUT2D eigenvalue weighted by atomic mass is 16.5. The average Bonchev–Trinajstić information content (AvgIpc) is 2.68. The number of hydrogen-bond acceptors (Lipinski definition) is 3. The summed E-state index contributed by atoms with van der Waals surface area (Å²) in [6.45, 7) is 4.60. The minimum atomic E-state index is -0.508. The Morgan fingerprint density at radius 2 is 1.87 bits per heavy atom. The summed E-state index contributed by atoms with van der Waals surface area (Å²) in [6.07, 6.45) is 3.45. The van der Waals surface area contributed by atoms with Crippen LogP contribution < -0.4 is 4.74 Å². The topological polar surface area (TPSA) is 34.0 Å². The summed E-state index contributed by atoms with van der Waals surface area (Å²) in [5.41, 5.74) is 0.503. The number of benzene rings is 1. The Morgan fingerprint density at radius 1 is 1.20 bits per heavy atom. The second-order valence-electron chi connectivity index (χ2n) is 3.51. The maximum Gasteiger partial charge on any atom is 0.176 e. The third-order valence-corrected chi connectivity index (χ3v) is 2.42. The van der Waals surface area contributed by atoms with E-state index in [1.807, 2.05) is 38.1 Å². The first-order chi connectivity index (χ1) is 7.26. The fourth-order valence-corrected chi connectivity index (χ4v) is 1.67. The predicted octanol–water partition coefficient (Wildman–Crippen LogP) is 2.41. The molecule has 2 rings (SSSR count). The molecule has 0 N–H and O–H groups in total. The molecule has 1 aromatic carbocycles. The highest BCUT2D eigenvalue weighted by Crippen LogP contribution is 2.35. The zero-order chi connectivity index (χ0) is 10.7. The lowest BCUT2D eigenvalue weighted by Crippen LogP contribution is -2.15. The van der Waals surface area contributed by atoms with E-state index < -0.39 is 5.66 Å². The van der Waals surface area contributed by atoms with Crippen LogP contribution in [-0.2, 0) is 5.66 Å². The van der Waals surface area contributed by atoms with E-state index in [1.165, 1.54) is 0 Å². The van der Waals surface area contributed by atoms with Gasteiger partial charge in [0.1, 0.15) is 5.75 Å². The highest BCUT2D eigenvalue weighted by Gasteiger charge is 2.28. The van der Waals surface area contributed by atoms with Crippen LogP contribution in [-0.4, -0.2) is 19.0 Å². The SMILES string of the molecule is CCOc1ccccc1C1(C)N=CC=N1. The molecule has 3 nitrogen and oxygen atoms in total. The molecule has 1 aromatic rings. The second-order valence-corrected chi connectivity index (χ2v) is 3.51. The fourth-order valence-electron chi connectivity index (χ4n) is 1.67. The molecule has 0 aliphatic carbocycles. The maximum absolute atomic E-state index is 5.57. The van der Waals surface area contributed by atoms with E-state index in [9.17, 15) is 0 Å². The van der Waals surface area contributed by atoms with Crippen molar-refractivity contribution in [2.45, 2.75) is 19.5 Å². The predicted molar refractivity (Wildman–Crippen MR) is 61.9 cm³/mol. The normalized spacial score (nSPS) is 16.9. The van der Waals surface area contributed by atoms with Crippen LogP contribution in [0.25, 0.3) is 0 Å². The summed E-state index contributed by atoms with van der Waals surface area (Å²) >= 11 is 0. The monoisotopic (exact) mass is 202 g/mol. The third kappa shape index (κ3) is 1.77. The molecule has 0 unspecified atom stereocenters. The number of para-hydroxylation sites is 1. The van der Waals surface area contributed by atoms with Crippen LogP contribution in [0.5, 0.6) is 5.75 Å². The molecule has 0 spiro atoms. The largest absolute Gasteiger partial charge is 0.493 e. The second kappa shape index (κ2) is 3.85. The van der Waals surface area contributed by atoms with Gasteiger partial charge in [0.25, 0.3) is 0 Å². The molecular formula is C12H14N2O. The van der Waals surface area contributed by atoms with Crippen molar-refractivity contribution < 1.29 is 4.74 Å². The molecule has 0 atom stereocenters. The van der Waals surface area contributed by atoms with Gasteiger partial charge in [0.2, 0.25) is 0 Å². The summed E-state index contributed by atoms with van der Waals surface area (Å²) in [6, 6.07) is 7.89. The Labute approximate surface area is 89.5 Å². The fraction of sp³-hybridized carbons (Fsp3) is 0.333. The van der Waals surface area contributed by atoms with Crippen LogP contribution in [0.2, 0.25) is 0 Å². The van der Waals surface area contributed by atoms with Gasteiger partial charge in [-0.15, -0.1) is 0 Å². The van der Waals surface area contributed by atoms with Crippen molar-refractivity contribution in [3.05, 3.63) is 29.8 Å². The van der Waals surface area contributed by atoms with Gasteiger partial charge < -0.3 is 4.74 Å². The molecule has 15 heavy (non-hydrogen) atoms. The molecule has 0 bridgehead atoms. The van der Waals surface area contributed by atoms with Gasteiger partial charge in [0, 0.05) is 18.0 Å². The van der Waals surface area contributed by atoms with E-state index in [-0.39, 0.29) is 0 Å². The van der Waals surface area contributed by atoms with Crippen LogP contribution in [0.1, 0.15) is 19.4 Å². The summed E-state index contributed by atoms with van der Waals surface area (Å²) in [5.74, 6) is 0.860. The van der Waals surface area contributed by atoms with Crippen molar-refractivity contribution in [1.29, 1.82) is 0 Å². The van der Waals surface area contributed by atoms with Crippen LogP contribution >= 0.6 is 0 Å². The molecule has 1 heterocycles. The van der Waals surface area contributed by atoms with Crippen molar-refractivity contribution in [3.8, 4) is 5.75 Å². The number of nitrogens with zero attached hydrogens (tertiary/aromatic N) is 2. The number of rotatable bonds is 3. The maximum atomic E-state index is 5.57. The lowest BCUT2D eigenvalue weighted by molar-refractivity contribution is 0.328. The van der Waals surface area contributed by atoms with Crippen molar-refractivity contribution in [2.24, 2.45) is 9.98 Å². The van der Waals surface area contributed by atoms with E-state index >= 15 is 0 Å². The van der Waals surface area contributed by atoms with E-state index in [0.29, 0.717) is 6.61 Å². The molecule has 1 aliphatic rings. The van der Waals surface area contributed by atoms with E-state index in [0.717, 1.165) is 11.3 Å². The lowest BCUT2D eigenvalue weighted by atomic mass is 10.0. The zero-order valence-corrected chi connectivity index (χ0v) is 8.97. The highest BCUT2D eigenvalue weighted by molar-refractivity contribution is 6.17. The quantitative estimate of drug-likeness (QED) is 0.741. The average molecular weight is 202 g/mol. The van der Waals surface area contributed by atoms with Gasteiger partial charge in [-0.2, -0.15) is 0 Å². The number of ether oxygens (including phenoxy) is 1. The van der Waals surface area contributed by atoms with Crippen LogP contribution in [0, 0.1) is 0 Å². The smallest absolute Gasteiger partial charge is 0.176 e. The van der Waals surface area contributed by atoms with Crippen LogP contribution in [0.4, 0.5) is 0 Å². The van der Waals surface area contributed by atoms with Crippen molar-refractivity contribution >= 4 is 12.4 Å². The van der Waals surface area contributed by atoms with Gasteiger partial charge in [0.15, 0.2) is 5.66 Å². The Kier molecular flexibility index (Phi) is 2.54. The molecule has 0 fully saturated rings. The first-order valence-corrected chi connectivity index (χ1v) is 5.07. The Bertz CT molecular complexity index is 398. The first-order valence-electron chi connectivity index (χ1n) is 5.07. The number of aliphatic imine (C=N–C) groups is 2. The standard InChI is InChI=1S/C12H14N2O/c1-3-15-11-7-5-4-6-10(11)12(2)13-8-9-14-12/h4-9H,3H2,1-2H3. The molecule has 0 radical (unpaired) electrons. The van der Waals surface area contributed by atoms with Crippen molar-refractivity contribution in [3.63, 3.8) is 0 Å². The van der Waals surface area contributed by atoms with E-state index in [4.69, 9.17) is 4.74 Å². The molecule has 0 saturated heterocycles. The number of hydrogen-bond donors (Lipinski definition) is 0. The van der Waals surface area contributed by atoms with Gasteiger partial charge >= 0.3 is 0 Å². The van der Waals surface area contributed by atoms with Gasteiger partial charge in [-0.1, -0.05) is 18.2 Å². The lowest BCUT2D eigenvalue weighted by Gasteiger charge is -2.20. The molecule has 0 amide bonds. The molecule has 78 valence electrons. The minimum Gasteiger partial charge on any atom is -0.493 e. The zero-order valence-electron chi connectivity index (χ0n) is 8.97. The van der Waals surface area contributed by atoms with Gasteiger partial charge in [0.05, 0.1) is 6.61 Å². The minimum absolute atomic E-state index is 0.508. The first kappa shape index (κ1) is 9.90.